The van der Waals surface area contributed by atoms with Gasteiger partial charge in [-0.1, -0.05) is 48.5 Å². The maximum absolute atomic E-state index is 12.1. The van der Waals surface area contributed by atoms with Gasteiger partial charge in [-0.25, -0.2) is 5.43 Å². The van der Waals surface area contributed by atoms with Crippen molar-refractivity contribution >= 4 is 33.7 Å². The fraction of sp³-hybridized carbons (Fsp3) is 0. The van der Waals surface area contributed by atoms with Crippen molar-refractivity contribution in [1.82, 2.24) is 10.4 Å². The molecule has 0 bridgehead atoms. The monoisotopic (exact) mass is 325 g/mol. The number of amides is 1. The third-order valence-corrected chi connectivity index (χ3v) is 4.12. The molecule has 4 rings (SSSR count). The Kier molecular flexibility index (Phi) is 3.92. The van der Waals surface area contributed by atoms with Gasteiger partial charge in [-0.15, -0.1) is 0 Å². The molecule has 1 N–H and O–H groups in total. The minimum absolute atomic E-state index is 0.261. The number of hydrogen-bond acceptors (Lipinski definition) is 3. The fourth-order valence-corrected chi connectivity index (χ4v) is 2.91. The zero-order valence-corrected chi connectivity index (χ0v) is 13.4. The SMILES string of the molecule is O=C(NN=Cc1c2ccccc2cc2ccccc12)c1ccncc1. The molecule has 0 aliphatic rings. The third kappa shape index (κ3) is 2.97. The molecule has 1 aromatic heterocycles. The first-order valence-electron chi connectivity index (χ1n) is 7.97. The minimum atomic E-state index is -0.261. The standard InChI is InChI=1S/C21H15N3O/c25-21(15-9-11-22-12-10-15)24-23-14-20-18-7-3-1-5-16(18)13-17-6-2-4-8-19(17)20/h1-14H,(H,24,25). The number of pyridine rings is 1. The molecule has 4 aromatic rings. The number of hydrogen-bond donors (Lipinski definition) is 1. The molecule has 1 amide bonds. The molecule has 0 unspecified atom stereocenters. The van der Waals surface area contributed by atoms with E-state index >= 15 is 0 Å². The van der Waals surface area contributed by atoms with E-state index in [0.717, 1.165) is 27.1 Å². The molecule has 120 valence electrons. The summed E-state index contributed by atoms with van der Waals surface area (Å²) in [5.41, 5.74) is 4.09. The van der Waals surface area contributed by atoms with Gasteiger partial charge in [0, 0.05) is 23.5 Å². The van der Waals surface area contributed by atoms with Gasteiger partial charge >= 0.3 is 0 Å². The van der Waals surface area contributed by atoms with Crippen LogP contribution in [0.25, 0.3) is 21.5 Å². The molecule has 0 fully saturated rings. The van der Waals surface area contributed by atoms with E-state index in [-0.39, 0.29) is 5.91 Å². The quantitative estimate of drug-likeness (QED) is 0.349. The van der Waals surface area contributed by atoms with Gasteiger partial charge in [-0.2, -0.15) is 5.10 Å². The number of hydrazone groups is 1. The predicted molar refractivity (Wildman–Crippen MR) is 101 cm³/mol. The van der Waals surface area contributed by atoms with Gasteiger partial charge in [-0.3, -0.25) is 9.78 Å². The summed E-state index contributed by atoms with van der Waals surface area (Å²) in [4.78, 5) is 16.0. The van der Waals surface area contributed by atoms with Crippen LogP contribution in [0.2, 0.25) is 0 Å². The van der Waals surface area contributed by atoms with E-state index in [9.17, 15) is 4.79 Å². The summed E-state index contributed by atoms with van der Waals surface area (Å²) in [5, 5.41) is 8.66. The van der Waals surface area contributed by atoms with Crippen LogP contribution >= 0.6 is 0 Å². The molecule has 0 saturated heterocycles. The second-order valence-corrected chi connectivity index (χ2v) is 5.67. The van der Waals surface area contributed by atoms with E-state index in [4.69, 9.17) is 0 Å². The first-order valence-corrected chi connectivity index (χ1v) is 7.97. The average molecular weight is 325 g/mol. The van der Waals surface area contributed by atoms with Crippen molar-refractivity contribution in [2.24, 2.45) is 5.10 Å². The normalized spacial score (nSPS) is 11.2. The van der Waals surface area contributed by atoms with E-state index in [0.29, 0.717) is 5.56 Å². The van der Waals surface area contributed by atoms with Gasteiger partial charge in [0.15, 0.2) is 0 Å². The van der Waals surface area contributed by atoms with Crippen LogP contribution in [0.3, 0.4) is 0 Å². The molecule has 0 saturated carbocycles. The summed E-state index contributed by atoms with van der Waals surface area (Å²) in [5.74, 6) is -0.261. The van der Waals surface area contributed by atoms with Crippen LogP contribution in [0.4, 0.5) is 0 Å². The number of carbonyl (C=O) groups excluding carboxylic acids is 1. The van der Waals surface area contributed by atoms with Gasteiger partial charge in [0.1, 0.15) is 0 Å². The van der Waals surface area contributed by atoms with Crippen LogP contribution in [-0.2, 0) is 0 Å². The molecule has 4 heteroatoms. The highest BCUT2D eigenvalue weighted by Gasteiger charge is 2.06. The Bertz CT molecular complexity index is 1030. The maximum atomic E-state index is 12.1. The van der Waals surface area contributed by atoms with E-state index in [1.165, 1.54) is 0 Å². The van der Waals surface area contributed by atoms with Crippen LogP contribution in [0, 0.1) is 0 Å². The number of fused-ring (bicyclic) bond motifs is 2. The van der Waals surface area contributed by atoms with Gasteiger partial charge in [0.2, 0.25) is 0 Å². The van der Waals surface area contributed by atoms with E-state index < -0.39 is 0 Å². The van der Waals surface area contributed by atoms with Crippen LogP contribution in [0.5, 0.6) is 0 Å². The number of rotatable bonds is 3. The van der Waals surface area contributed by atoms with Crippen molar-refractivity contribution in [3.63, 3.8) is 0 Å². The van der Waals surface area contributed by atoms with Crippen molar-refractivity contribution in [1.29, 1.82) is 0 Å². The molecule has 0 atom stereocenters. The lowest BCUT2D eigenvalue weighted by atomic mass is 9.97. The summed E-state index contributed by atoms with van der Waals surface area (Å²) in [6.07, 6.45) is 4.87. The topological polar surface area (TPSA) is 54.4 Å². The Balaban J connectivity index is 1.73. The van der Waals surface area contributed by atoms with Crippen LogP contribution in [0.1, 0.15) is 15.9 Å². The van der Waals surface area contributed by atoms with Crippen molar-refractivity contribution in [3.8, 4) is 0 Å². The summed E-state index contributed by atoms with van der Waals surface area (Å²) in [6.45, 7) is 0. The lowest BCUT2D eigenvalue weighted by Crippen LogP contribution is -2.17. The second kappa shape index (κ2) is 6.53. The van der Waals surface area contributed by atoms with Crippen LogP contribution in [-0.4, -0.2) is 17.1 Å². The second-order valence-electron chi connectivity index (χ2n) is 5.67. The third-order valence-electron chi connectivity index (χ3n) is 4.12. The number of benzene rings is 3. The fourth-order valence-electron chi connectivity index (χ4n) is 2.91. The molecule has 4 nitrogen and oxygen atoms in total. The Morgan fingerprint density at radius 2 is 1.48 bits per heavy atom. The molecular weight excluding hydrogens is 310 g/mol. The summed E-state index contributed by atoms with van der Waals surface area (Å²) >= 11 is 0. The lowest BCUT2D eigenvalue weighted by molar-refractivity contribution is 0.0955. The predicted octanol–water partition coefficient (Wildman–Crippen LogP) is 4.15. The van der Waals surface area contributed by atoms with E-state index in [1.54, 1.807) is 30.7 Å². The average Bonchev–Trinajstić information content (AvgIpc) is 2.68. The highest BCUT2D eigenvalue weighted by Crippen LogP contribution is 2.27. The Labute approximate surface area is 144 Å². The van der Waals surface area contributed by atoms with Crippen LogP contribution < -0.4 is 5.43 Å². The zero-order valence-electron chi connectivity index (χ0n) is 13.4. The largest absolute Gasteiger partial charge is 0.271 e. The van der Waals surface area contributed by atoms with Crippen molar-refractivity contribution in [2.75, 3.05) is 0 Å². The number of aromatic nitrogens is 1. The summed E-state index contributed by atoms with van der Waals surface area (Å²) < 4.78 is 0. The molecule has 3 aromatic carbocycles. The Morgan fingerprint density at radius 1 is 0.880 bits per heavy atom. The highest BCUT2D eigenvalue weighted by molar-refractivity contribution is 6.13. The number of nitrogens with zero attached hydrogens (tertiary/aromatic N) is 2. The molecule has 0 spiro atoms. The summed E-state index contributed by atoms with van der Waals surface area (Å²) in [7, 11) is 0. The van der Waals surface area contributed by atoms with Crippen LogP contribution in [0.15, 0.2) is 84.2 Å². The molecular formula is C21H15N3O. The molecule has 0 aliphatic carbocycles. The van der Waals surface area contributed by atoms with Gasteiger partial charge in [0.25, 0.3) is 5.91 Å². The molecule has 0 aliphatic heterocycles. The number of nitrogens with one attached hydrogen (secondary N) is 1. The Hall–Kier alpha value is -3.53. The first-order chi connectivity index (χ1) is 12.3. The molecule has 0 radical (unpaired) electrons. The van der Waals surface area contributed by atoms with Crippen molar-refractivity contribution in [3.05, 3.63) is 90.3 Å². The summed E-state index contributed by atoms with van der Waals surface area (Å²) in [6, 6.07) is 21.8. The van der Waals surface area contributed by atoms with E-state index in [2.05, 4.69) is 45.8 Å². The van der Waals surface area contributed by atoms with Crippen molar-refractivity contribution < 1.29 is 4.79 Å². The number of carbonyl (C=O) groups is 1. The molecule has 1 heterocycles. The lowest BCUT2D eigenvalue weighted by Gasteiger charge is -2.08. The van der Waals surface area contributed by atoms with Crippen molar-refractivity contribution in [2.45, 2.75) is 0 Å². The van der Waals surface area contributed by atoms with Gasteiger partial charge in [0.05, 0.1) is 6.21 Å². The highest BCUT2D eigenvalue weighted by atomic mass is 16.2. The smallest absolute Gasteiger partial charge is 0.267 e. The van der Waals surface area contributed by atoms with Gasteiger partial charge in [-0.05, 0) is 39.7 Å². The first kappa shape index (κ1) is 15.0. The molecule has 25 heavy (non-hydrogen) atoms. The zero-order chi connectivity index (χ0) is 17.1. The Morgan fingerprint density at radius 3 is 2.12 bits per heavy atom. The maximum Gasteiger partial charge on any atom is 0.271 e. The minimum Gasteiger partial charge on any atom is -0.267 e. The van der Waals surface area contributed by atoms with Gasteiger partial charge < -0.3 is 0 Å². The van der Waals surface area contributed by atoms with E-state index in [1.807, 2.05) is 24.3 Å².